The molecule has 3 aromatic rings. The highest BCUT2D eigenvalue weighted by molar-refractivity contribution is 6.31. The van der Waals surface area contributed by atoms with Crippen molar-refractivity contribution in [1.29, 1.82) is 0 Å². The second-order valence-corrected chi connectivity index (χ2v) is 4.72. The molecule has 0 unspecified atom stereocenters. The van der Waals surface area contributed by atoms with E-state index in [-0.39, 0.29) is 5.75 Å². The Morgan fingerprint density at radius 1 is 1.11 bits per heavy atom. The van der Waals surface area contributed by atoms with E-state index in [0.717, 1.165) is 16.5 Å². The summed E-state index contributed by atoms with van der Waals surface area (Å²) in [6.07, 6.45) is 1.92. The minimum absolute atomic E-state index is 0.228. The number of benzene rings is 2. The molecule has 2 N–H and O–H groups in total. The molecule has 1 heterocycles. The SMILES string of the molecule is Oc1ccc(OCc2c[nH]c3ccc(Cl)cc23)cc1. The van der Waals surface area contributed by atoms with Crippen molar-refractivity contribution in [3.63, 3.8) is 0 Å². The molecule has 96 valence electrons. The molecular weight excluding hydrogens is 262 g/mol. The zero-order chi connectivity index (χ0) is 13.2. The van der Waals surface area contributed by atoms with Crippen LogP contribution in [-0.4, -0.2) is 10.1 Å². The highest BCUT2D eigenvalue weighted by Crippen LogP contribution is 2.24. The summed E-state index contributed by atoms with van der Waals surface area (Å²) < 4.78 is 5.68. The van der Waals surface area contributed by atoms with Crippen molar-refractivity contribution in [1.82, 2.24) is 4.98 Å². The molecule has 0 aliphatic rings. The molecule has 3 rings (SSSR count). The summed E-state index contributed by atoms with van der Waals surface area (Å²) >= 11 is 6.00. The van der Waals surface area contributed by atoms with E-state index < -0.39 is 0 Å². The summed E-state index contributed by atoms with van der Waals surface area (Å²) in [5, 5.41) is 11.0. The molecule has 3 nitrogen and oxygen atoms in total. The zero-order valence-corrected chi connectivity index (χ0v) is 10.8. The molecule has 0 atom stereocenters. The van der Waals surface area contributed by atoms with Crippen molar-refractivity contribution in [3.05, 3.63) is 59.2 Å². The number of halogens is 1. The fourth-order valence-electron chi connectivity index (χ4n) is 1.97. The number of phenols is 1. The summed E-state index contributed by atoms with van der Waals surface area (Å²) in [7, 11) is 0. The number of ether oxygens (including phenoxy) is 1. The number of hydrogen-bond donors (Lipinski definition) is 2. The van der Waals surface area contributed by atoms with Gasteiger partial charge in [0.2, 0.25) is 0 Å². The number of phenolic OH excluding ortho intramolecular Hbond substituents is 1. The molecular formula is C15H12ClNO2. The fraction of sp³-hybridized carbons (Fsp3) is 0.0667. The minimum Gasteiger partial charge on any atom is -0.508 e. The number of rotatable bonds is 3. The Hall–Kier alpha value is -2.13. The second kappa shape index (κ2) is 4.86. The van der Waals surface area contributed by atoms with Gasteiger partial charge in [-0.05, 0) is 42.5 Å². The molecule has 0 saturated carbocycles. The van der Waals surface area contributed by atoms with E-state index in [1.54, 1.807) is 24.3 Å². The average Bonchev–Trinajstić information content (AvgIpc) is 2.80. The van der Waals surface area contributed by atoms with Gasteiger partial charge >= 0.3 is 0 Å². The summed E-state index contributed by atoms with van der Waals surface area (Å²) in [5.74, 6) is 0.945. The number of H-pyrrole nitrogens is 1. The van der Waals surface area contributed by atoms with Crippen molar-refractivity contribution in [3.8, 4) is 11.5 Å². The van der Waals surface area contributed by atoms with Crippen LogP contribution in [-0.2, 0) is 6.61 Å². The number of hydrogen-bond acceptors (Lipinski definition) is 2. The van der Waals surface area contributed by atoms with Gasteiger partial charge in [0, 0.05) is 27.7 Å². The highest BCUT2D eigenvalue weighted by atomic mass is 35.5. The van der Waals surface area contributed by atoms with E-state index in [9.17, 15) is 5.11 Å². The maximum Gasteiger partial charge on any atom is 0.120 e. The maximum absolute atomic E-state index is 9.21. The van der Waals surface area contributed by atoms with Crippen LogP contribution in [0.4, 0.5) is 0 Å². The summed E-state index contributed by atoms with van der Waals surface area (Å²) in [4.78, 5) is 3.18. The van der Waals surface area contributed by atoms with Crippen molar-refractivity contribution in [2.24, 2.45) is 0 Å². The van der Waals surface area contributed by atoms with Gasteiger partial charge in [-0.3, -0.25) is 0 Å². The number of fused-ring (bicyclic) bond motifs is 1. The van der Waals surface area contributed by atoms with Crippen LogP contribution in [0.2, 0.25) is 5.02 Å². The molecule has 0 aliphatic carbocycles. The third-order valence-corrected chi connectivity index (χ3v) is 3.20. The van der Waals surface area contributed by atoms with Crippen LogP contribution in [0.25, 0.3) is 10.9 Å². The van der Waals surface area contributed by atoms with Crippen LogP contribution in [0.3, 0.4) is 0 Å². The lowest BCUT2D eigenvalue weighted by molar-refractivity contribution is 0.307. The van der Waals surface area contributed by atoms with Crippen LogP contribution < -0.4 is 4.74 Å². The van der Waals surface area contributed by atoms with Crippen LogP contribution in [0.15, 0.2) is 48.7 Å². The highest BCUT2D eigenvalue weighted by Gasteiger charge is 2.05. The Kier molecular flexibility index (Phi) is 3.05. The smallest absolute Gasteiger partial charge is 0.120 e. The predicted octanol–water partition coefficient (Wildman–Crippen LogP) is 4.11. The van der Waals surface area contributed by atoms with E-state index in [4.69, 9.17) is 16.3 Å². The lowest BCUT2D eigenvalue weighted by Gasteiger charge is -2.05. The van der Waals surface area contributed by atoms with E-state index in [1.807, 2.05) is 24.4 Å². The van der Waals surface area contributed by atoms with Gasteiger partial charge < -0.3 is 14.8 Å². The summed E-state index contributed by atoms with van der Waals surface area (Å²) in [6, 6.07) is 12.4. The summed E-state index contributed by atoms with van der Waals surface area (Å²) in [5.41, 5.74) is 2.08. The third-order valence-electron chi connectivity index (χ3n) is 2.96. The zero-order valence-electron chi connectivity index (χ0n) is 10.1. The Morgan fingerprint density at radius 2 is 1.89 bits per heavy atom. The normalized spacial score (nSPS) is 10.8. The molecule has 0 radical (unpaired) electrons. The topological polar surface area (TPSA) is 45.2 Å². The van der Waals surface area contributed by atoms with Crippen molar-refractivity contribution < 1.29 is 9.84 Å². The van der Waals surface area contributed by atoms with Crippen molar-refractivity contribution in [2.75, 3.05) is 0 Å². The number of aromatic nitrogens is 1. The standard InChI is InChI=1S/C15H12ClNO2/c16-11-1-6-15-14(7-11)10(8-17-15)9-19-13-4-2-12(18)3-5-13/h1-8,17-18H,9H2. The molecule has 1 aromatic heterocycles. The minimum atomic E-state index is 0.228. The first kappa shape index (κ1) is 11.9. The van der Waals surface area contributed by atoms with Crippen molar-refractivity contribution in [2.45, 2.75) is 6.61 Å². The Bertz CT molecular complexity index is 704. The van der Waals surface area contributed by atoms with Gasteiger partial charge in [0.1, 0.15) is 18.1 Å². The van der Waals surface area contributed by atoms with E-state index >= 15 is 0 Å². The Labute approximate surface area is 115 Å². The fourth-order valence-corrected chi connectivity index (χ4v) is 2.15. The van der Waals surface area contributed by atoms with E-state index in [2.05, 4.69) is 4.98 Å². The number of nitrogens with one attached hydrogen (secondary N) is 1. The maximum atomic E-state index is 9.21. The molecule has 0 saturated heterocycles. The van der Waals surface area contributed by atoms with Crippen molar-refractivity contribution >= 4 is 22.5 Å². The predicted molar refractivity (Wildman–Crippen MR) is 75.7 cm³/mol. The van der Waals surface area contributed by atoms with Gasteiger partial charge in [0.25, 0.3) is 0 Å². The van der Waals surface area contributed by atoms with Crippen LogP contribution >= 0.6 is 11.6 Å². The van der Waals surface area contributed by atoms with Gasteiger partial charge in [-0.15, -0.1) is 0 Å². The second-order valence-electron chi connectivity index (χ2n) is 4.29. The first-order chi connectivity index (χ1) is 9.22. The molecule has 0 spiro atoms. The van der Waals surface area contributed by atoms with Crippen LogP contribution in [0, 0.1) is 0 Å². The van der Waals surface area contributed by atoms with Gasteiger partial charge in [-0.1, -0.05) is 11.6 Å². The van der Waals surface area contributed by atoms with Gasteiger partial charge in [-0.25, -0.2) is 0 Å². The molecule has 0 amide bonds. The molecule has 0 fully saturated rings. The molecule has 4 heteroatoms. The first-order valence-electron chi connectivity index (χ1n) is 5.90. The van der Waals surface area contributed by atoms with Gasteiger partial charge in [0.15, 0.2) is 0 Å². The van der Waals surface area contributed by atoms with Crippen LogP contribution in [0.5, 0.6) is 11.5 Å². The molecule has 19 heavy (non-hydrogen) atoms. The van der Waals surface area contributed by atoms with Gasteiger partial charge in [-0.2, -0.15) is 0 Å². The monoisotopic (exact) mass is 273 g/mol. The first-order valence-corrected chi connectivity index (χ1v) is 6.27. The summed E-state index contributed by atoms with van der Waals surface area (Å²) in [6.45, 7) is 0.450. The molecule has 2 aromatic carbocycles. The Balaban J connectivity index is 1.81. The lowest BCUT2D eigenvalue weighted by Crippen LogP contribution is -1.93. The largest absolute Gasteiger partial charge is 0.508 e. The molecule has 0 aliphatic heterocycles. The van der Waals surface area contributed by atoms with Crippen LogP contribution in [0.1, 0.15) is 5.56 Å². The quantitative estimate of drug-likeness (QED) is 0.754. The number of aromatic amines is 1. The third kappa shape index (κ3) is 2.51. The average molecular weight is 274 g/mol. The number of aromatic hydroxyl groups is 1. The lowest BCUT2D eigenvalue weighted by atomic mass is 10.2. The van der Waals surface area contributed by atoms with E-state index in [1.165, 1.54) is 0 Å². The molecule has 0 bridgehead atoms. The Morgan fingerprint density at radius 3 is 2.68 bits per heavy atom. The van der Waals surface area contributed by atoms with E-state index in [0.29, 0.717) is 17.4 Å². The van der Waals surface area contributed by atoms with Gasteiger partial charge in [0.05, 0.1) is 0 Å².